The molecule has 1 rings (SSSR count). The van der Waals surface area contributed by atoms with E-state index in [0.29, 0.717) is 5.92 Å². The van der Waals surface area contributed by atoms with Crippen molar-refractivity contribution < 1.29 is 0 Å². The molecule has 0 aromatic carbocycles. The van der Waals surface area contributed by atoms with Gasteiger partial charge < -0.3 is 5.43 Å². The molecule has 0 aliphatic carbocycles. The molecule has 0 saturated heterocycles. The summed E-state index contributed by atoms with van der Waals surface area (Å²) in [5.41, 5.74) is 7.65. The minimum Gasteiger partial charge on any atom is -0.309 e. The fourth-order valence-electron chi connectivity index (χ4n) is 1.81. The summed E-state index contributed by atoms with van der Waals surface area (Å²) in [6.45, 7) is 7.82. The van der Waals surface area contributed by atoms with Gasteiger partial charge in [-0.2, -0.15) is 0 Å². The first-order valence-electron chi connectivity index (χ1n) is 6.21. The van der Waals surface area contributed by atoms with Crippen LogP contribution in [0.15, 0.2) is 11.9 Å². The number of hydrazine groups is 2. The van der Waals surface area contributed by atoms with Crippen molar-refractivity contribution in [3.05, 3.63) is 11.9 Å². The summed E-state index contributed by atoms with van der Waals surface area (Å²) in [4.78, 5) is 0. The van der Waals surface area contributed by atoms with Gasteiger partial charge in [0.25, 0.3) is 0 Å². The average Bonchev–Trinajstić information content (AvgIpc) is 2.59. The highest BCUT2D eigenvalue weighted by molar-refractivity contribution is 5.02. The van der Waals surface area contributed by atoms with Gasteiger partial charge in [-0.25, -0.2) is 0 Å². The molecule has 0 fully saturated rings. The van der Waals surface area contributed by atoms with E-state index in [1.54, 1.807) is 0 Å². The third-order valence-corrected chi connectivity index (χ3v) is 2.62. The number of hydrogen-bond donors (Lipinski definition) is 2. The van der Waals surface area contributed by atoms with Crippen molar-refractivity contribution in [3.63, 3.8) is 0 Å². The zero-order chi connectivity index (χ0) is 11.1. The van der Waals surface area contributed by atoms with Gasteiger partial charge in [0.2, 0.25) is 0 Å². The van der Waals surface area contributed by atoms with Crippen LogP contribution in [0.2, 0.25) is 0 Å². The van der Waals surface area contributed by atoms with Gasteiger partial charge in [-0.15, -0.1) is 5.53 Å². The van der Waals surface area contributed by atoms with Crippen molar-refractivity contribution in [2.24, 2.45) is 5.92 Å². The molecule has 3 nitrogen and oxygen atoms in total. The molecular weight excluding hydrogens is 186 g/mol. The highest BCUT2D eigenvalue weighted by Crippen LogP contribution is 2.15. The lowest BCUT2D eigenvalue weighted by Crippen LogP contribution is -2.39. The number of allylic oxidation sites excluding steroid dienone is 1. The Morgan fingerprint density at radius 2 is 2.07 bits per heavy atom. The summed E-state index contributed by atoms with van der Waals surface area (Å²) in [6.07, 6.45) is 8.60. The molecular formula is C12H25N3. The van der Waals surface area contributed by atoms with Crippen LogP contribution in [0.5, 0.6) is 0 Å². The molecule has 1 aliphatic rings. The Kier molecular flexibility index (Phi) is 5.54. The molecule has 88 valence electrons. The van der Waals surface area contributed by atoms with E-state index in [-0.39, 0.29) is 0 Å². The molecule has 1 heterocycles. The standard InChI is InChI=1S/C12H25N3/c1-4-5-6-7-8-12-9-13-14-15(12)10-11(2)3/h9,11,13-14H,4-8,10H2,1-3H3. The maximum absolute atomic E-state index is 3.17. The molecule has 0 atom stereocenters. The second kappa shape index (κ2) is 6.72. The molecule has 1 aliphatic heterocycles. The predicted octanol–water partition coefficient (Wildman–Crippen LogP) is 2.78. The van der Waals surface area contributed by atoms with E-state index < -0.39 is 0 Å². The molecule has 0 unspecified atom stereocenters. The Morgan fingerprint density at radius 1 is 1.27 bits per heavy atom. The average molecular weight is 211 g/mol. The molecule has 0 spiro atoms. The lowest BCUT2D eigenvalue weighted by molar-refractivity contribution is 0.217. The minimum atomic E-state index is 0.691. The van der Waals surface area contributed by atoms with Crippen LogP contribution in [0.3, 0.4) is 0 Å². The number of unbranched alkanes of at least 4 members (excludes halogenated alkanes) is 3. The van der Waals surface area contributed by atoms with Gasteiger partial charge in [-0.3, -0.25) is 5.01 Å². The van der Waals surface area contributed by atoms with E-state index in [9.17, 15) is 0 Å². The topological polar surface area (TPSA) is 27.3 Å². The summed E-state index contributed by atoms with van der Waals surface area (Å²) >= 11 is 0. The first-order valence-corrected chi connectivity index (χ1v) is 6.21. The van der Waals surface area contributed by atoms with Crippen molar-refractivity contribution in [1.29, 1.82) is 0 Å². The van der Waals surface area contributed by atoms with E-state index in [1.165, 1.54) is 37.8 Å². The van der Waals surface area contributed by atoms with Crippen molar-refractivity contribution in [2.75, 3.05) is 6.54 Å². The summed E-state index contributed by atoms with van der Waals surface area (Å²) < 4.78 is 0. The van der Waals surface area contributed by atoms with Crippen LogP contribution < -0.4 is 11.0 Å². The quantitative estimate of drug-likeness (QED) is 0.634. The molecule has 0 aromatic rings. The van der Waals surface area contributed by atoms with Crippen LogP contribution in [0.25, 0.3) is 0 Å². The summed E-state index contributed by atoms with van der Waals surface area (Å²) in [5, 5.41) is 2.23. The van der Waals surface area contributed by atoms with Crippen molar-refractivity contribution >= 4 is 0 Å². The van der Waals surface area contributed by atoms with Gasteiger partial charge in [-0.1, -0.05) is 40.0 Å². The lowest BCUT2D eigenvalue weighted by atomic mass is 10.1. The molecule has 2 N–H and O–H groups in total. The molecule has 3 heteroatoms. The maximum atomic E-state index is 3.17. The number of nitrogens with zero attached hydrogens (tertiary/aromatic N) is 1. The highest BCUT2D eigenvalue weighted by atomic mass is 15.7. The second-order valence-corrected chi connectivity index (χ2v) is 4.71. The molecule has 0 bridgehead atoms. The Balaban J connectivity index is 2.21. The van der Waals surface area contributed by atoms with Crippen molar-refractivity contribution in [1.82, 2.24) is 16.0 Å². The molecule has 15 heavy (non-hydrogen) atoms. The molecule has 0 aromatic heterocycles. The van der Waals surface area contributed by atoms with E-state index in [2.05, 4.69) is 42.9 Å². The normalized spacial score (nSPS) is 15.7. The Bertz CT molecular complexity index is 199. The van der Waals surface area contributed by atoms with Gasteiger partial charge in [0.05, 0.1) is 0 Å². The van der Waals surface area contributed by atoms with Crippen molar-refractivity contribution in [3.8, 4) is 0 Å². The molecule has 0 saturated carbocycles. The first kappa shape index (κ1) is 12.4. The van der Waals surface area contributed by atoms with Gasteiger partial charge in [-0.05, 0) is 18.8 Å². The van der Waals surface area contributed by atoms with Gasteiger partial charge in [0.1, 0.15) is 0 Å². The summed E-state index contributed by atoms with van der Waals surface area (Å²) in [7, 11) is 0. The van der Waals surface area contributed by atoms with Crippen molar-refractivity contribution in [2.45, 2.75) is 52.9 Å². The van der Waals surface area contributed by atoms with Crippen LogP contribution in [0, 0.1) is 5.92 Å². The second-order valence-electron chi connectivity index (χ2n) is 4.71. The Hall–Kier alpha value is -0.700. The van der Waals surface area contributed by atoms with Gasteiger partial charge in [0, 0.05) is 18.4 Å². The third kappa shape index (κ3) is 4.56. The molecule has 0 radical (unpaired) electrons. The monoisotopic (exact) mass is 211 g/mol. The third-order valence-electron chi connectivity index (χ3n) is 2.62. The van der Waals surface area contributed by atoms with Crippen LogP contribution in [-0.4, -0.2) is 11.6 Å². The number of nitrogens with one attached hydrogen (secondary N) is 2. The van der Waals surface area contributed by atoms with Crippen LogP contribution in [-0.2, 0) is 0 Å². The highest BCUT2D eigenvalue weighted by Gasteiger charge is 2.14. The fourth-order valence-corrected chi connectivity index (χ4v) is 1.81. The van der Waals surface area contributed by atoms with Gasteiger partial charge >= 0.3 is 0 Å². The zero-order valence-corrected chi connectivity index (χ0v) is 10.3. The smallest absolute Gasteiger partial charge is 0.0483 e. The summed E-state index contributed by atoms with van der Waals surface area (Å²) in [5.74, 6) is 0.691. The SMILES string of the molecule is CCCCCCC1=CNNN1CC(C)C. The van der Waals surface area contributed by atoms with E-state index in [0.717, 1.165) is 6.54 Å². The van der Waals surface area contributed by atoms with Gasteiger partial charge in [0.15, 0.2) is 0 Å². The zero-order valence-electron chi connectivity index (χ0n) is 10.3. The maximum Gasteiger partial charge on any atom is 0.0483 e. The largest absolute Gasteiger partial charge is 0.309 e. The van der Waals surface area contributed by atoms with E-state index >= 15 is 0 Å². The van der Waals surface area contributed by atoms with E-state index in [1.807, 2.05) is 0 Å². The van der Waals surface area contributed by atoms with Crippen LogP contribution in [0.1, 0.15) is 52.9 Å². The van der Waals surface area contributed by atoms with E-state index in [4.69, 9.17) is 0 Å². The first-order chi connectivity index (χ1) is 7.24. The predicted molar refractivity (Wildman–Crippen MR) is 64.7 cm³/mol. The number of rotatable bonds is 7. The molecule has 0 amide bonds. The summed E-state index contributed by atoms with van der Waals surface area (Å²) in [6, 6.07) is 0. The van der Waals surface area contributed by atoms with Crippen LogP contribution >= 0.6 is 0 Å². The fraction of sp³-hybridized carbons (Fsp3) is 0.833. The number of hydrogen-bond acceptors (Lipinski definition) is 3. The minimum absolute atomic E-state index is 0.691. The Morgan fingerprint density at radius 3 is 2.73 bits per heavy atom. The van der Waals surface area contributed by atoms with Crippen LogP contribution in [0.4, 0.5) is 0 Å². The lowest BCUT2D eigenvalue weighted by Gasteiger charge is -2.23. The Labute approximate surface area is 93.9 Å².